The van der Waals surface area contributed by atoms with Crippen LogP contribution in [0.5, 0.6) is 0 Å². The monoisotopic (exact) mass is 381 g/mol. The standard InChI is InChI=1S/C18H19N7OS/c1-11-12(2)25(9-13-6-4-3-5-7-13)16(14(11)8-19)21-15(26)10-27-18-22-17(20)23-24-18/h3-7H,9-10H2,1-2H3,(H,21,26)(H3,20,22,23,24). The predicted octanol–water partition coefficient (Wildman–Crippen LogP) is 2.46. The fourth-order valence-electron chi connectivity index (χ4n) is 2.71. The Morgan fingerprint density at radius 2 is 2.11 bits per heavy atom. The van der Waals surface area contributed by atoms with E-state index in [0.29, 0.717) is 23.1 Å². The van der Waals surface area contributed by atoms with Crippen molar-refractivity contribution < 1.29 is 4.79 Å². The van der Waals surface area contributed by atoms with Gasteiger partial charge in [-0.25, -0.2) is 5.10 Å². The van der Waals surface area contributed by atoms with E-state index in [1.807, 2.05) is 48.7 Å². The number of aromatic nitrogens is 4. The van der Waals surface area contributed by atoms with Gasteiger partial charge in [0.1, 0.15) is 11.9 Å². The minimum Gasteiger partial charge on any atom is -0.368 e. The van der Waals surface area contributed by atoms with E-state index in [-0.39, 0.29) is 17.6 Å². The molecule has 0 fully saturated rings. The van der Waals surface area contributed by atoms with Gasteiger partial charge in [-0.2, -0.15) is 10.2 Å². The quantitative estimate of drug-likeness (QED) is 0.563. The third kappa shape index (κ3) is 4.12. The van der Waals surface area contributed by atoms with Crippen LogP contribution in [0.2, 0.25) is 0 Å². The summed E-state index contributed by atoms with van der Waals surface area (Å²) in [7, 11) is 0. The van der Waals surface area contributed by atoms with Gasteiger partial charge < -0.3 is 15.6 Å². The molecule has 8 nitrogen and oxygen atoms in total. The van der Waals surface area contributed by atoms with Crippen LogP contribution in [0, 0.1) is 25.2 Å². The number of carbonyl (C=O) groups is 1. The van der Waals surface area contributed by atoms with Crippen LogP contribution in [0.15, 0.2) is 35.5 Å². The van der Waals surface area contributed by atoms with E-state index in [9.17, 15) is 10.1 Å². The van der Waals surface area contributed by atoms with Crippen molar-refractivity contribution in [1.29, 1.82) is 5.26 Å². The number of nitrogens with zero attached hydrogens (tertiary/aromatic N) is 4. The number of H-pyrrole nitrogens is 1. The van der Waals surface area contributed by atoms with E-state index >= 15 is 0 Å². The summed E-state index contributed by atoms with van der Waals surface area (Å²) in [4.78, 5) is 16.4. The van der Waals surface area contributed by atoms with E-state index < -0.39 is 0 Å². The Labute approximate surface area is 160 Å². The second-order valence-corrected chi connectivity index (χ2v) is 6.90. The largest absolute Gasteiger partial charge is 0.368 e. The maximum absolute atomic E-state index is 12.4. The Balaban J connectivity index is 1.81. The van der Waals surface area contributed by atoms with Gasteiger partial charge in [-0.15, -0.1) is 5.10 Å². The molecular weight excluding hydrogens is 362 g/mol. The molecule has 9 heteroatoms. The topological polar surface area (TPSA) is 125 Å². The van der Waals surface area contributed by atoms with Crippen LogP contribution in [-0.2, 0) is 11.3 Å². The van der Waals surface area contributed by atoms with Crippen molar-refractivity contribution in [3.63, 3.8) is 0 Å². The predicted molar refractivity (Wildman–Crippen MR) is 104 cm³/mol. The second-order valence-electron chi connectivity index (χ2n) is 5.96. The summed E-state index contributed by atoms with van der Waals surface area (Å²) in [6.45, 7) is 4.39. The SMILES string of the molecule is Cc1c(C#N)c(NC(=O)CSc2n[nH]c(N)n2)n(Cc2ccccc2)c1C. The Morgan fingerprint density at radius 3 is 2.74 bits per heavy atom. The molecule has 1 amide bonds. The van der Waals surface area contributed by atoms with Crippen LogP contribution in [-0.4, -0.2) is 31.4 Å². The van der Waals surface area contributed by atoms with Gasteiger partial charge in [0, 0.05) is 12.2 Å². The Hall–Kier alpha value is -3.25. The molecule has 2 heterocycles. The van der Waals surface area contributed by atoms with Crippen molar-refractivity contribution in [2.75, 3.05) is 16.8 Å². The number of nitrogens with two attached hydrogens (primary N) is 1. The van der Waals surface area contributed by atoms with Gasteiger partial charge in [0.15, 0.2) is 0 Å². The zero-order valence-electron chi connectivity index (χ0n) is 15.0. The molecule has 4 N–H and O–H groups in total. The number of hydrogen-bond donors (Lipinski definition) is 3. The second kappa shape index (κ2) is 7.97. The lowest BCUT2D eigenvalue weighted by molar-refractivity contribution is -0.113. The smallest absolute Gasteiger partial charge is 0.235 e. The van der Waals surface area contributed by atoms with Gasteiger partial charge in [-0.3, -0.25) is 4.79 Å². The number of benzene rings is 1. The summed E-state index contributed by atoms with van der Waals surface area (Å²) in [6.07, 6.45) is 0. The van der Waals surface area contributed by atoms with Crippen LogP contribution < -0.4 is 11.1 Å². The molecular formula is C18H19N7OS. The lowest BCUT2D eigenvalue weighted by atomic mass is 10.2. The molecule has 0 bridgehead atoms. The highest BCUT2D eigenvalue weighted by atomic mass is 32.2. The normalized spacial score (nSPS) is 10.6. The molecule has 0 radical (unpaired) electrons. The highest BCUT2D eigenvalue weighted by molar-refractivity contribution is 7.99. The molecule has 0 aliphatic rings. The van der Waals surface area contributed by atoms with E-state index in [4.69, 9.17) is 5.73 Å². The highest BCUT2D eigenvalue weighted by Crippen LogP contribution is 2.27. The van der Waals surface area contributed by atoms with Crippen LogP contribution in [0.3, 0.4) is 0 Å². The third-order valence-electron chi connectivity index (χ3n) is 4.20. The third-order valence-corrected chi connectivity index (χ3v) is 5.04. The van der Waals surface area contributed by atoms with Crippen LogP contribution in [0.4, 0.5) is 11.8 Å². The number of anilines is 2. The summed E-state index contributed by atoms with van der Waals surface area (Å²) in [6, 6.07) is 12.1. The maximum atomic E-state index is 12.4. The molecule has 2 aromatic heterocycles. The van der Waals surface area contributed by atoms with Crippen molar-refractivity contribution in [2.45, 2.75) is 25.5 Å². The molecule has 1 aromatic carbocycles. The van der Waals surface area contributed by atoms with Crippen LogP contribution >= 0.6 is 11.8 Å². The molecule has 3 rings (SSSR count). The van der Waals surface area contributed by atoms with Crippen molar-refractivity contribution in [3.8, 4) is 6.07 Å². The lowest BCUT2D eigenvalue weighted by Gasteiger charge is -2.13. The van der Waals surface area contributed by atoms with Crippen LogP contribution in [0.25, 0.3) is 0 Å². The molecule has 0 spiro atoms. The van der Waals surface area contributed by atoms with Gasteiger partial charge in [0.2, 0.25) is 17.0 Å². The van der Waals surface area contributed by atoms with Gasteiger partial charge >= 0.3 is 0 Å². The summed E-state index contributed by atoms with van der Waals surface area (Å²) in [5, 5.41) is 19.2. The Kier molecular flexibility index (Phi) is 5.47. The van der Waals surface area contributed by atoms with E-state index in [1.165, 1.54) is 11.8 Å². The molecule has 138 valence electrons. The van der Waals surface area contributed by atoms with Crippen molar-refractivity contribution in [2.24, 2.45) is 0 Å². The van der Waals surface area contributed by atoms with Crippen LogP contribution in [0.1, 0.15) is 22.4 Å². The fourth-order valence-corrected chi connectivity index (χ4v) is 3.32. The zero-order chi connectivity index (χ0) is 19.4. The average Bonchev–Trinajstić information content (AvgIpc) is 3.18. The first-order valence-corrected chi connectivity index (χ1v) is 9.22. The molecule has 0 aliphatic carbocycles. The summed E-state index contributed by atoms with van der Waals surface area (Å²) in [5.41, 5.74) is 8.84. The minimum absolute atomic E-state index is 0.108. The number of nitrogens with one attached hydrogen (secondary N) is 2. The first-order valence-electron chi connectivity index (χ1n) is 8.23. The summed E-state index contributed by atoms with van der Waals surface area (Å²) >= 11 is 1.17. The number of amides is 1. The Morgan fingerprint density at radius 1 is 1.37 bits per heavy atom. The van der Waals surface area contributed by atoms with Crippen molar-refractivity contribution in [1.82, 2.24) is 19.7 Å². The number of rotatable bonds is 6. The maximum Gasteiger partial charge on any atom is 0.235 e. The highest BCUT2D eigenvalue weighted by Gasteiger charge is 2.20. The molecule has 27 heavy (non-hydrogen) atoms. The lowest BCUT2D eigenvalue weighted by Crippen LogP contribution is -2.18. The van der Waals surface area contributed by atoms with Gasteiger partial charge in [0.05, 0.1) is 11.3 Å². The number of hydrogen-bond acceptors (Lipinski definition) is 6. The van der Waals surface area contributed by atoms with E-state index in [0.717, 1.165) is 16.8 Å². The van der Waals surface area contributed by atoms with Gasteiger partial charge in [-0.1, -0.05) is 42.1 Å². The first kappa shape index (κ1) is 18.5. The number of carbonyl (C=O) groups excluding carboxylic acids is 1. The molecule has 0 saturated heterocycles. The fraction of sp³-hybridized carbons (Fsp3) is 0.222. The minimum atomic E-state index is -0.244. The van der Waals surface area contributed by atoms with Gasteiger partial charge in [0.25, 0.3) is 0 Å². The molecule has 3 aromatic rings. The van der Waals surface area contributed by atoms with Gasteiger partial charge in [-0.05, 0) is 25.0 Å². The number of thioether (sulfide) groups is 1. The molecule has 0 unspecified atom stereocenters. The zero-order valence-corrected chi connectivity index (χ0v) is 15.8. The average molecular weight is 381 g/mol. The van der Waals surface area contributed by atoms with E-state index in [2.05, 4.69) is 26.6 Å². The Bertz CT molecular complexity index is 1000. The number of aromatic amines is 1. The number of nitrogen functional groups attached to an aromatic ring is 1. The first-order chi connectivity index (χ1) is 13.0. The summed E-state index contributed by atoms with van der Waals surface area (Å²) < 4.78 is 1.95. The molecule has 0 saturated carbocycles. The number of nitriles is 1. The summed E-state index contributed by atoms with van der Waals surface area (Å²) in [5.74, 6) is 0.576. The van der Waals surface area contributed by atoms with Crippen molar-refractivity contribution >= 4 is 29.4 Å². The molecule has 0 aliphatic heterocycles. The molecule has 0 atom stereocenters. The van der Waals surface area contributed by atoms with E-state index in [1.54, 1.807) is 0 Å². The van der Waals surface area contributed by atoms with Crippen molar-refractivity contribution in [3.05, 3.63) is 52.7 Å².